The second-order valence-corrected chi connectivity index (χ2v) is 4.67. The van der Waals surface area contributed by atoms with Crippen LogP contribution in [0.15, 0.2) is 0 Å². The fourth-order valence-electron chi connectivity index (χ4n) is 1.15. The van der Waals surface area contributed by atoms with Crippen molar-refractivity contribution in [3.05, 3.63) is 0 Å². The minimum Gasteiger partial charge on any atom is -0.396 e. The monoisotopic (exact) mass is 246 g/mol. The first-order valence-corrected chi connectivity index (χ1v) is 5.63. The minimum absolute atomic E-state index is 0.0243. The molecule has 6 nitrogen and oxygen atoms in total. The fourth-order valence-corrected chi connectivity index (χ4v) is 1.15. The Morgan fingerprint density at radius 2 is 1.94 bits per heavy atom. The summed E-state index contributed by atoms with van der Waals surface area (Å²) in [4.78, 5) is 22.6. The molecule has 0 radical (unpaired) electrons. The number of nitrogens with two attached hydrogens (primary N) is 1. The Labute approximate surface area is 101 Å². The van der Waals surface area contributed by atoms with Gasteiger partial charge in [0.1, 0.15) is 11.9 Å². The maximum Gasteiger partial charge on any atom is 0.249 e. The smallest absolute Gasteiger partial charge is 0.249 e. The van der Waals surface area contributed by atoms with Crippen molar-refractivity contribution in [2.24, 2.45) is 11.1 Å². The maximum atomic E-state index is 11.5. The summed E-state index contributed by atoms with van der Waals surface area (Å²) >= 11 is 0. The number of Topliss-reactive ketones (excluding diaryl/α,β-unsaturated/α-hetero) is 1. The molecule has 0 heterocycles. The van der Waals surface area contributed by atoms with Gasteiger partial charge in [0, 0.05) is 24.8 Å². The molecule has 1 unspecified atom stereocenters. The highest BCUT2D eigenvalue weighted by Gasteiger charge is 2.32. The SMILES string of the molecule is CC(C)(CO)C(O)C(=O)NCCC(=O)CCN. The molecule has 100 valence electrons. The van der Waals surface area contributed by atoms with E-state index in [0.717, 1.165) is 0 Å². The Hall–Kier alpha value is -0.980. The molecule has 0 aliphatic carbocycles. The predicted molar refractivity (Wildman–Crippen MR) is 63.2 cm³/mol. The van der Waals surface area contributed by atoms with Crippen LogP contribution < -0.4 is 11.1 Å². The van der Waals surface area contributed by atoms with Crippen LogP contribution in [0.4, 0.5) is 0 Å². The highest BCUT2D eigenvalue weighted by Crippen LogP contribution is 2.19. The van der Waals surface area contributed by atoms with Gasteiger partial charge in [0.25, 0.3) is 0 Å². The quantitative estimate of drug-likeness (QED) is 0.429. The lowest BCUT2D eigenvalue weighted by Crippen LogP contribution is -2.46. The summed E-state index contributed by atoms with van der Waals surface area (Å²) in [5.41, 5.74) is 4.31. The molecule has 0 bridgehead atoms. The van der Waals surface area contributed by atoms with E-state index < -0.39 is 17.4 Å². The number of rotatable bonds is 8. The van der Waals surface area contributed by atoms with Crippen LogP contribution in [0.3, 0.4) is 0 Å². The molecule has 0 saturated carbocycles. The van der Waals surface area contributed by atoms with Crippen molar-refractivity contribution in [2.75, 3.05) is 19.7 Å². The van der Waals surface area contributed by atoms with E-state index in [-0.39, 0.29) is 25.4 Å². The van der Waals surface area contributed by atoms with Gasteiger partial charge < -0.3 is 21.3 Å². The minimum atomic E-state index is -1.29. The van der Waals surface area contributed by atoms with Gasteiger partial charge in [-0.25, -0.2) is 0 Å². The van der Waals surface area contributed by atoms with Gasteiger partial charge in [0.15, 0.2) is 0 Å². The van der Waals surface area contributed by atoms with E-state index in [9.17, 15) is 14.7 Å². The molecule has 0 aliphatic rings. The second kappa shape index (κ2) is 7.37. The van der Waals surface area contributed by atoms with E-state index in [4.69, 9.17) is 10.8 Å². The number of carbonyl (C=O) groups excluding carboxylic acids is 2. The summed E-state index contributed by atoms with van der Waals surface area (Å²) in [6.45, 7) is 3.34. The van der Waals surface area contributed by atoms with Gasteiger partial charge in [-0.15, -0.1) is 0 Å². The number of hydrogen-bond donors (Lipinski definition) is 4. The summed E-state index contributed by atoms with van der Waals surface area (Å²) in [6.07, 6.45) is -0.799. The summed E-state index contributed by atoms with van der Waals surface area (Å²) < 4.78 is 0. The highest BCUT2D eigenvalue weighted by molar-refractivity contribution is 5.83. The number of amides is 1. The van der Waals surface area contributed by atoms with Crippen molar-refractivity contribution in [3.8, 4) is 0 Å². The van der Waals surface area contributed by atoms with Crippen molar-refractivity contribution < 1.29 is 19.8 Å². The lowest BCUT2D eigenvalue weighted by molar-refractivity contribution is -0.137. The average molecular weight is 246 g/mol. The van der Waals surface area contributed by atoms with E-state index in [1.54, 1.807) is 13.8 Å². The Bertz CT molecular complexity index is 266. The molecule has 6 heteroatoms. The van der Waals surface area contributed by atoms with Crippen LogP contribution >= 0.6 is 0 Å². The number of hydrogen-bond acceptors (Lipinski definition) is 5. The van der Waals surface area contributed by atoms with Gasteiger partial charge in [-0.3, -0.25) is 9.59 Å². The topological polar surface area (TPSA) is 113 Å². The molecule has 0 aromatic rings. The fraction of sp³-hybridized carbons (Fsp3) is 0.818. The summed E-state index contributed by atoms with van der Waals surface area (Å²) in [6, 6.07) is 0. The number of nitrogens with one attached hydrogen (secondary N) is 1. The number of ketones is 1. The van der Waals surface area contributed by atoms with E-state index in [2.05, 4.69) is 5.32 Å². The number of aliphatic hydroxyl groups excluding tert-OH is 2. The first-order chi connectivity index (χ1) is 7.85. The lowest BCUT2D eigenvalue weighted by atomic mass is 9.87. The lowest BCUT2D eigenvalue weighted by Gasteiger charge is -2.27. The number of aliphatic hydroxyl groups is 2. The van der Waals surface area contributed by atoms with Crippen LogP contribution in [0.2, 0.25) is 0 Å². The van der Waals surface area contributed by atoms with Gasteiger partial charge in [0.2, 0.25) is 5.91 Å². The van der Waals surface area contributed by atoms with Gasteiger partial charge in [0.05, 0.1) is 6.61 Å². The molecule has 0 fully saturated rings. The molecule has 0 spiro atoms. The van der Waals surface area contributed by atoms with Crippen LogP contribution in [-0.4, -0.2) is 47.7 Å². The van der Waals surface area contributed by atoms with Crippen LogP contribution in [0, 0.1) is 5.41 Å². The molecule has 1 amide bonds. The average Bonchev–Trinajstić information content (AvgIpc) is 2.28. The molecular formula is C11H22N2O4. The van der Waals surface area contributed by atoms with E-state index in [1.165, 1.54) is 0 Å². The third-order valence-corrected chi connectivity index (χ3v) is 2.52. The van der Waals surface area contributed by atoms with Crippen molar-refractivity contribution in [1.82, 2.24) is 5.32 Å². The van der Waals surface area contributed by atoms with E-state index >= 15 is 0 Å². The van der Waals surface area contributed by atoms with Gasteiger partial charge in [-0.1, -0.05) is 13.8 Å². The standard InChI is InChI=1S/C11H22N2O4/c1-11(2,7-14)9(16)10(17)13-6-4-8(15)3-5-12/h9,14,16H,3-7,12H2,1-2H3,(H,13,17). The Balaban J connectivity index is 3.99. The molecule has 0 aliphatic heterocycles. The first-order valence-electron chi connectivity index (χ1n) is 5.63. The van der Waals surface area contributed by atoms with Gasteiger partial charge in [-0.2, -0.15) is 0 Å². The van der Waals surface area contributed by atoms with E-state index in [0.29, 0.717) is 13.0 Å². The summed E-state index contributed by atoms with van der Waals surface area (Å²) in [5, 5.41) is 21.1. The zero-order chi connectivity index (χ0) is 13.5. The molecule has 17 heavy (non-hydrogen) atoms. The van der Waals surface area contributed by atoms with Crippen LogP contribution in [-0.2, 0) is 9.59 Å². The Morgan fingerprint density at radius 3 is 2.41 bits per heavy atom. The number of carbonyl (C=O) groups is 2. The van der Waals surface area contributed by atoms with Crippen LogP contribution in [0.1, 0.15) is 26.7 Å². The summed E-state index contributed by atoms with van der Waals surface area (Å²) in [7, 11) is 0. The second-order valence-electron chi connectivity index (χ2n) is 4.67. The zero-order valence-electron chi connectivity index (χ0n) is 10.4. The molecule has 0 aromatic heterocycles. The molecule has 5 N–H and O–H groups in total. The first kappa shape index (κ1) is 16.0. The maximum absolute atomic E-state index is 11.5. The van der Waals surface area contributed by atoms with Crippen molar-refractivity contribution >= 4 is 11.7 Å². The predicted octanol–water partition coefficient (Wildman–Crippen LogP) is -1.21. The third kappa shape index (κ3) is 5.76. The van der Waals surface area contributed by atoms with Crippen LogP contribution in [0.5, 0.6) is 0 Å². The normalized spacial score (nSPS) is 13.2. The van der Waals surface area contributed by atoms with Crippen LogP contribution in [0.25, 0.3) is 0 Å². The van der Waals surface area contributed by atoms with E-state index in [1.807, 2.05) is 0 Å². The largest absolute Gasteiger partial charge is 0.396 e. The summed E-state index contributed by atoms with van der Waals surface area (Å²) in [5.74, 6) is -0.603. The molecule has 0 aromatic carbocycles. The van der Waals surface area contributed by atoms with Crippen molar-refractivity contribution in [2.45, 2.75) is 32.8 Å². The molecule has 0 saturated heterocycles. The van der Waals surface area contributed by atoms with Crippen molar-refractivity contribution in [1.29, 1.82) is 0 Å². The highest BCUT2D eigenvalue weighted by atomic mass is 16.3. The van der Waals surface area contributed by atoms with Gasteiger partial charge >= 0.3 is 0 Å². The molecular weight excluding hydrogens is 224 g/mol. The third-order valence-electron chi connectivity index (χ3n) is 2.52. The van der Waals surface area contributed by atoms with Crippen molar-refractivity contribution in [3.63, 3.8) is 0 Å². The molecule has 0 rings (SSSR count). The zero-order valence-corrected chi connectivity index (χ0v) is 10.4. The Morgan fingerprint density at radius 1 is 1.35 bits per heavy atom. The Kier molecular flexibility index (Phi) is 6.94. The van der Waals surface area contributed by atoms with Gasteiger partial charge in [-0.05, 0) is 6.54 Å². The molecule has 1 atom stereocenters.